The number of benzene rings is 1. The fourth-order valence-electron chi connectivity index (χ4n) is 5.72. The molecule has 2 aromatic heterocycles. The molecule has 9 nitrogen and oxygen atoms in total. The summed E-state index contributed by atoms with van der Waals surface area (Å²) in [5.41, 5.74) is 4.82. The molecule has 10 heteroatoms. The number of carbonyl (C=O) groups excluding carboxylic acids is 2. The second kappa shape index (κ2) is 13.1. The number of alkyl carbamates (subject to hydrolysis) is 1. The summed E-state index contributed by atoms with van der Waals surface area (Å²) in [6, 6.07) is 6.28. The summed E-state index contributed by atoms with van der Waals surface area (Å²) >= 11 is 1.53. The van der Waals surface area contributed by atoms with E-state index in [1.165, 1.54) is 11.3 Å². The predicted molar refractivity (Wildman–Crippen MR) is 168 cm³/mol. The summed E-state index contributed by atoms with van der Waals surface area (Å²) in [5, 5.41) is 8.79. The van der Waals surface area contributed by atoms with Crippen molar-refractivity contribution in [2.24, 2.45) is 0 Å². The molecular formula is C32H43N5O4S. The van der Waals surface area contributed by atoms with Gasteiger partial charge in [0.25, 0.3) is 11.5 Å². The zero-order valence-corrected chi connectivity index (χ0v) is 26.5. The average molecular weight is 594 g/mol. The molecule has 0 aliphatic heterocycles. The lowest BCUT2D eigenvalue weighted by atomic mass is 9.89. The van der Waals surface area contributed by atoms with E-state index in [0.717, 1.165) is 65.3 Å². The largest absolute Gasteiger partial charge is 0.444 e. The summed E-state index contributed by atoms with van der Waals surface area (Å²) < 4.78 is 5.45. The smallest absolute Gasteiger partial charge is 0.407 e. The van der Waals surface area contributed by atoms with Gasteiger partial charge in [-0.1, -0.05) is 0 Å². The van der Waals surface area contributed by atoms with Gasteiger partial charge in [0, 0.05) is 64.8 Å². The fourth-order valence-corrected chi connectivity index (χ4v) is 6.35. The van der Waals surface area contributed by atoms with Crippen LogP contribution in [-0.4, -0.2) is 46.2 Å². The van der Waals surface area contributed by atoms with Gasteiger partial charge in [0.1, 0.15) is 10.6 Å². The predicted octanol–water partition coefficient (Wildman–Crippen LogP) is 6.02. The number of hydrogen-bond acceptors (Lipinski definition) is 7. The minimum Gasteiger partial charge on any atom is -0.444 e. The topological polar surface area (TPSA) is 116 Å². The maximum atomic E-state index is 13.6. The Balaban J connectivity index is 1.56. The highest BCUT2D eigenvalue weighted by atomic mass is 32.1. The third kappa shape index (κ3) is 7.59. The zero-order valence-electron chi connectivity index (χ0n) is 25.7. The Kier molecular flexibility index (Phi) is 9.76. The maximum Gasteiger partial charge on any atom is 0.407 e. The van der Waals surface area contributed by atoms with E-state index in [-0.39, 0.29) is 36.2 Å². The summed E-state index contributed by atoms with van der Waals surface area (Å²) in [5.74, 6) is -0.229. The Morgan fingerprint density at radius 3 is 2.43 bits per heavy atom. The molecule has 3 aromatic rings. The van der Waals surface area contributed by atoms with Crippen LogP contribution in [0, 0.1) is 20.8 Å². The van der Waals surface area contributed by atoms with Crippen LogP contribution in [0.3, 0.4) is 0 Å². The summed E-state index contributed by atoms with van der Waals surface area (Å²) in [7, 11) is 0. The number of hydrogen-bond donors (Lipinski definition) is 3. The number of ether oxygens (including phenoxy) is 1. The Bertz CT molecular complexity index is 1470. The summed E-state index contributed by atoms with van der Waals surface area (Å²) in [6.07, 6.45) is 4.91. The normalized spacial score (nSPS) is 17.0. The number of pyridine rings is 1. The fraction of sp³-hybridized carbons (Fsp3) is 0.500. The number of thiazole rings is 1. The van der Waals surface area contributed by atoms with E-state index in [0.29, 0.717) is 11.1 Å². The number of carbonyl (C=O) groups is 2. The van der Waals surface area contributed by atoms with Gasteiger partial charge in [-0.15, -0.1) is 11.3 Å². The SMILES string of the molecule is CCN(c1cc(-c2nccs2)cc(C(=O)NCc2c(C)cc(C)[nH]c2=O)c1C)C1CCC(NC(=O)OC(C)(C)C)CC1. The number of H-pyrrole nitrogens is 1. The van der Waals surface area contributed by atoms with Gasteiger partial charge in [-0.3, -0.25) is 9.59 Å². The molecule has 1 aromatic carbocycles. The molecule has 2 heterocycles. The number of aryl methyl sites for hydroxylation is 2. The number of anilines is 1. The van der Waals surface area contributed by atoms with Gasteiger partial charge in [-0.25, -0.2) is 9.78 Å². The van der Waals surface area contributed by atoms with E-state index in [4.69, 9.17) is 4.74 Å². The first-order chi connectivity index (χ1) is 19.9. The lowest BCUT2D eigenvalue weighted by Crippen LogP contribution is -2.45. The third-order valence-corrected chi connectivity index (χ3v) is 8.55. The van der Waals surface area contributed by atoms with Crippen LogP contribution < -0.4 is 21.1 Å². The maximum absolute atomic E-state index is 13.6. The van der Waals surface area contributed by atoms with E-state index < -0.39 is 5.60 Å². The van der Waals surface area contributed by atoms with Crippen molar-refractivity contribution >= 4 is 29.0 Å². The van der Waals surface area contributed by atoms with Crippen LogP contribution in [0.2, 0.25) is 0 Å². The Hall–Kier alpha value is -3.66. The molecule has 1 aliphatic rings. The lowest BCUT2D eigenvalue weighted by molar-refractivity contribution is 0.0491. The molecule has 3 N–H and O–H groups in total. The van der Waals surface area contributed by atoms with Crippen molar-refractivity contribution in [3.63, 3.8) is 0 Å². The molecule has 1 saturated carbocycles. The molecule has 1 fully saturated rings. The highest BCUT2D eigenvalue weighted by Crippen LogP contribution is 2.35. The number of nitrogens with zero attached hydrogens (tertiary/aromatic N) is 2. The number of amides is 2. The standard InChI is InChI=1S/C32H43N5O4S/c1-8-37(24-11-9-23(10-12-24)36-31(40)41-32(5,6)7)27-17-22(30-33-13-14-42-30)16-25(21(27)4)28(38)34-18-26-19(2)15-20(3)35-29(26)39/h13-17,23-24H,8-12,18H2,1-7H3,(H,34,38)(H,35,39)(H,36,40). The van der Waals surface area contributed by atoms with Crippen LogP contribution in [-0.2, 0) is 11.3 Å². The Labute approximate surface area is 252 Å². The molecule has 0 unspecified atom stereocenters. The molecular weight excluding hydrogens is 550 g/mol. The average Bonchev–Trinajstić information content (AvgIpc) is 3.44. The van der Waals surface area contributed by atoms with Crippen molar-refractivity contribution in [3.05, 3.63) is 68.1 Å². The third-order valence-electron chi connectivity index (χ3n) is 7.73. The van der Waals surface area contributed by atoms with Crippen LogP contribution in [0.25, 0.3) is 10.6 Å². The van der Waals surface area contributed by atoms with E-state index in [9.17, 15) is 14.4 Å². The molecule has 0 radical (unpaired) electrons. The van der Waals surface area contributed by atoms with E-state index >= 15 is 0 Å². The van der Waals surface area contributed by atoms with E-state index in [1.807, 2.05) is 59.1 Å². The zero-order chi connectivity index (χ0) is 30.6. The van der Waals surface area contributed by atoms with Gasteiger partial charge in [0.05, 0.1) is 0 Å². The molecule has 0 spiro atoms. The number of nitrogens with one attached hydrogen (secondary N) is 3. The summed E-state index contributed by atoms with van der Waals surface area (Å²) in [6.45, 7) is 14.3. The van der Waals surface area contributed by atoms with E-state index in [1.54, 1.807) is 6.20 Å². The molecule has 226 valence electrons. The molecule has 0 saturated heterocycles. The van der Waals surface area contributed by atoms with Gasteiger partial charge >= 0.3 is 6.09 Å². The Morgan fingerprint density at radius 1 is 1.12 bits per heavy atom. The second-order valence-corrected chi connectivity index (χ2v) is 13.0. The quantitative estimate of drug-likeness (QED) is 0.294. The van der Waals surface area contributed by atoms with E-state index in [2.05, 4.69) is 38.5 Å². The first kappa shape index (κ1) is 31.3. The van der Waals surface area contributed by atoms with Crippen molar-refractivity contribution in [1.29, 1.82) is 0 Å². The van der Waals surface area contributed by atoms with Crippen molar-refractivity contribution in [2.75, 3.05) is 11.4 Å². The highest BCUT2D eigenvalue weighted by Gasteiger charge is 2.29. The van der Waals surface area contributed by atoms with Gasteiger partial charge in [0.2, 0.25) is 0 Å². The first-order valence-electron chi connectivity index (χ1n) is 14.6. The second-order valence-electron chi connectivity index (χ2n) is 12.1. The molecule has 42 heavy (non-hydrogen) atoms. The van der Waals surface area contributed by atoms with Crippen molar-refractivity contribution < 1.29 is 14.3 Å². The highest BCUT2D eigenvalue weighted by molar-refractivity contribution is 7.13. The number of aromatic nitrogens is 2. The van der Waals surface area contributed by atoms with Gasteiger partial charge in [-0.05, 0) is 103 Å². The van der Waals surface area contributed by atoms with Crippen LogP contribution >= 0.6 is 11.3 Å². The summed E-state index contributed by atoms with van der Waals surface area (Å²) in [4.78, 5) is 48.2. The minimum absolute atomic E-state index is 0.0762. The van der Waals surface area contributed by atoms with Crippen LogP contribution in [0.15, 0.2) is 34.6 Å². The molecule has 4 rings (SSSR count). The van der Waals surface area contributed by atoms with Gasteiger partial charge in [0.15, 0.2) is 0 Å². The van der Waals surface area contributed by atoms with Gasteiger partial charge in [-0.2, -0.15) is 0 Å². The Morgan fingerprint density at radius 2 is 1.83 bits per heavy atom. The van der Waals surface area contributed by atoms with Crippen molar-refractivity contribution in [2.45, 2.75) is 98.4 Å². The number of aromatic amines is 1. The van der Waals surface area contributed by atoms with Crippen LogP contribution in [0.5, 0.6) is 0 Å². The van der Waals surface area contributed by atoms with Gasteiger partial charge < -0.3 is 25.3 Å². The van der Waals surface area contributed by atoms with Crippen LogP contribution in [0.1, 0.15) is 86.1 Å². The molecule has 0 atom stereocenters. The number of rotatable bonds is 8. The molecule has 2 amide bonds. The lowest BCUT2D eigenvalue weighted by Gasteiger charge is -2.39. The van der Waals surface area contributed by atoms with Crippen molar-refractivity contribution in [3.8, 4) is 10.6 Å². The first-order valence-corrected chi connectivity index (χ1v) is 15.5. The molecule has 0 bridgehead atoms. The molecule has 1 aliphatic carbocycles. The monoisotopic (exact) mass is 593 g/mol. The minimum atomic E-state index is -0.529. The van der Waals surface area contributed by atoms with Crippen LogP contribution in [0.4, 0.5) is 10.5 Å². The van der Waals surface area contributed by atoms with Crippen molar-refractivity contribution in [1.82, 2.24) is 20.6 Å².